The van der Waals surface area contributed by atoms with E-state index < -0.39 is 11.9 Å². The van der Waals surface area contributed by atoms with Crippen LogP contribution in [0.3, 0.4) is 0 Å². The number of methoxy groups -OCH3 is 1. The van der Waals surface area contributed by atoms with Crippen LogP contribution in [0.2, 0.25) is 5.02 Å². The van der Waals surface area contributed by atoms with Gasteiger partial charge in [0, 0.05) is 45.1 Å². The Morgan fingerprint density at radius 1 is 1.21 bits per heavy atom. The molecule has 1 N–H and O–H groups in total. The van der Waals surface area contributed by atoms with Gasteiger partial charge in [0.15, 0.2) is 5.78 Å². The van der Waals surface area contributed by atoms with E-state index in [4.69, 9.17) is 16.3 Å². The number of ketones is 1. The van der Waals surface area contributed by atoms with E-state index in [9.17, 15) is 9.59 Å². The summed E-state index contributed by atoms with van der Waals surface area (Å²) in [5, 5.41) is 5.98. The molecule has 6 heteroatoms. The molecular formula is C22H20ClNO3S. The molecule has 28 heavy (non-hydrogen) atoms. The Balaban J connectivity index is 1.82. The number of thiophene rings is 1. The predicted octanol–water partition coefficient (Wildman–Crippen LogP) is 4.94. The largest absolute Gasteiger partial charge is 0.466 e. The molecule has 0 radical (unpaired) electrons. The lowest BCUT2D eigenvalue weighted by Crippen LogP contribution is -2.35. The molecule has 2 aromatic rings. The molecule has 144 valence electrons. The summed E-state index contributed by atoms with van der Waals surface area (Å²) >= 11 is 7.73. The molecule has 0 saturated carbocycles. The SMILES string of the molecule is COC(=O)C1=C(C)NC2=C(C(=O)CC(c3cccs3)C2)C1c1ccc(Cl)cc1. The summed E-state index contributed by atoms with van der Waals surface area (Å²) in [6.45, 7) is 1.86. The highest BCUT2D eigenvalue weighted by Gasteiger charge is 2.41. The Hall–Kier alpha value is -2.37. The fraction of sp³-hybridized carbons (Fsp3) is 0.273. The van der Waals surface area contributed by atoms with Crippen molar-refractivity contribution in [2.24, 2.45) is 0 Å². The summed E-state index contributed by atoms with van der Waals surface area (Å²) in [4.78, 5) is 27.0. The van der Waals surface area contributed by atoms with Crippen LogP contribution in [-0.2, 0) is 14.3 Å². The van der Waals surface area contributed by atoms with Crippen molar-refractivity contribution in [2.75, 3.05) is 7.11 Å². The predicted molar refractivity (Wildman–Crippen MR) is 110 cm³/mol. The first kappa shape index (κ1) is 19.0. The van der Waals surface area contributed by atoms with Crippen LogP contribution in [0.5, 0.6) is 0 Å². The lowest BCUT2D eigenvalue weighted by Gasteiger charge is -2.36. The molecule has 0 fully saturated rings. The van der Waals surface area contributed by atoms with Crippen LogP contribution < -0.4 is 5.32 Å². The van der Waals surface area contributed by atoms with Crippen LogP contribution in [0.1, 0.15) is 42.0 Å². The molecule has 1 aliphatic heterocycles. The van der Waals surface area contributed by atoms with Gasteiger partial charge in [0.25, 0.3) is 0 Å². The maximum atomic E-state index is 13.3. The Morgan fingerprint density at radius 2 is 1.96 bits per heavy atom. The summed E-state index contributed by atoms with van der Waals surface area (Å²) in [6, 6.07) is 11.4. The van der Waals surface area contributed by atoms with Crippen molar-refractivity contribution in [3.8, 4) is 0 Å². The van der Waals surface area contributed by atoms with Crippen molar-refractivity contribution >= 4 is 34.7 Å². The minimum absolute atomic E-state index is 0.0704. The molecule has 2 atom stereocenters. The summed E-state index contributed by atoms with van der Waals surface area (Å²) in [6.07, 6.45) is 1.19. The number of allylic oxidation sites excluding steroid dienone is 3. The molecular weight excluding hydrogens is 394 g/mol. The van der Waals surface area contributed by atoms with Crippen molar-refractivity contribution < 1.29 is 14.3 Å². The quantitative estimate of drug-likeness (QED) is 0.724. The van der Waals surface area contributed by atoms with Crippen LogP contribution >= 0.6 is 22.9 Å². The lowest BCUT2D eigenvalue weighted by molar-refractivity contribution is -0.136. The number of dihydropyridines is 1. The Bertz CT molecular complexity index is 989. The van der Waals surface area contributed by atoms with E-state index in [1.165, 1.54) is 12.0 Å². The lowest BCUT2D eigenvalue weighted by atomic mass is 9.72. The number of Topliss-reactive ketones (excluding diaryl/α,β-unsaturated/α-hetero) is 1. The van der Waals surface area contributed by atoms with E-state index in [0.29, 0.717) is 22.6 Å². The number of halogens is 1. The number of nitrogens with one attached hydrogen (secondary N) is 1. The van der Waals surface area contributed by atoms with Crippen LogP contribution in [-0.4, -0.2) is 18.9 Å². The summed E-state index contributed by atoms with van der Waals surface area (Å²) in [7, 11) is 1.36. The van der Waals surface area contributed by atoms with E-state index in [1.807, 2.05) is 30.5 Å². The van der Waals surface area contributed by atoms with E-state index in [-0.39, 0.29) is 11.7 Å². The third-order valence-corrected chi connectivity index (χ3v) is 6.67. The smallest absolute Gasteiger partial charge is 0.336 e. The minimum atomic E-state index is -0.447. The van der Waals surface area contributed by atoms with Gasteiger partial charge in [0.2, 0.25) is 0 Å². The van der Waals surface area contributed by atoms with Crippen LogP contribution in [0.25, 0.3) is 0 Å². The molecule has 1 aromatic heterocycles. The number of hydrogen-bond donors (Lipinski definition) is 1. The van der Waals surface area contributed by atoms with Gasteiger partial charge in [0.1, 0.15) is 0 Å². The first-order chi connectivity index (χ1) is 13.5. The number of carbonyl (C=O) groups is 2. The van der Waals surface area contributed by atoms with Crippen molar-refractivity contribution in [1.29, 1.82) is 0 Å². The van der Waals surface area contributed by atoms with Gasteiger partial charge in [-0.2, -0.15) is 0 Å². The van der Waals surface area contributed by atoms with Crippen molar-refractivity contribution in [1.82, 2.24) is 5.32 Å². The molecule has 4 nitrogen and oxygen atoms in total. The zero-order valence-electron chi connectivity index (χ0n) is 15.6. The highest BCUT2D eigenvalue weighted by Crippen LogP contribution is 2.46. The highest BCUT2D eigenvalue weighted by atomic mass is 35.5. The maximum Gasteiger partial charge on any atom is 0.336 e. The average Bonchev–Trinajstić information content (AvgIpc) is 3.21. The number of carbonyl (C=O) groups excluding carboxylic acids is 2. The van der Waals surface area contributed by atoms with Gasteiger partial charge in [-0.3, -0.25) is 4.79 Å². The molecule has 2 heterocycles. The van der Waals surface area contributed by atoms with Gasteiger partial charge in [-0.25, -0.2) is 4.79 Å². The van der Waals surface area contributed by atoms with E-state index in [0.717, 1.165) is 23.4 Å². The standard InChI is InChI=1S/C22H20ClNO3S/c1-12-19(22(26)27-2)20(13-5-7-15(23)8-6-13)21-16(24-12)10-14(11-17(21)25)18-4-3-9-28-18/h3-9,14,20,24H,10-11H2,1-2H3. The molecule has 1 aromatic carbocycles. The number of ether oxygens (including phenoxy) is 1. The summed E-state index contributed by atoms with van der Waals surface area (Å²) < 4.78 is 5.04. The molecule has 0 amide bonds. The molecule has 0 saturated heterocycles. The summed E-state index contributed by atoms with van der Waals surface area (Å²) in [5.41, 5.74) is 3.64. The van der Waals surface area contributed by atoms with Gasteiger partial charge in [-0.1, -0.05) is 29.8 Å². The van der Waals surface area contributed by atoms with Crippen molar-refractivity contribution in [3.63, 3.8) is 0 Å². The van der Waals surface area contributed by atoms with E-state index >= 15 is 0 Å². The minimum Gasteiger partial charge on any atom is -0.466 e. The second kappa shape index (κ2) is 7.57. The highest BCUT2D eigenvalue weighted by molar-refractivity contribution is 7.10. The molecule has 2 unspecified atom stereocenters. The van der Waals surface area contributed by atoms with Gasteiger partial charge < -0.3 is 10.1 Å². The zero-order chi connectivity index (χ0) is 19.8. The zero-order valence-corrected chi connectivity index (χ0v) is 17.2. The first-order valence-electron chi connectivity index (χ1n) is 9.10. The fourth-order valence-electron chi connectivity index (χ4n) is 4.13. The summed E-state index contributed by atoms with van der Waals surface area (Å²) in [5.74, 6) is -0.638. The number of hydrogen-bond acceptors (Lipinski definition) is 5. The maximum absolute atomic E-state index is 13.3. The topological polar surface area (TPSA) is 55.4 Å². The molecule has 4 rings (SSSR count). The molecule has 1 aliphatic carbocycles. The third kappa shape index (κ3) is 3.29. The molecule has 2 aliphatic rings. The Morgan fingerprint density at radius 3 is 2.61 bits per heavy atom. The second-order valence-electron chi connectivity index (χ2n) is 7.08. The number of benzene rings is 1. The number of esters is 1. The van der Waals surface area contributed by atoms with Gasteiger partial charge in [-0.15, -0.1) is 11.3 Å². The van der Waals surface area contributed by atoms with Crippen molar-refractivity contribution in [3.05, 3.63) is 79.8 Å². The second-order valence-corrected chi connectivity index (χ2v) is 8.49. The normalized spacial score (nSPS) is 22.0. The van der Waals surface area contributed by atoms with Gasteiger partial charge in [-0.05, 0) is 42.5 Å². The number of rotatable bonds is 3. The van der Waals surface area contributed by atoms with E-state index in [1.54, 1.807) is 23.5 Å². The third-order valence-electron chi connectivity index (χ3n) is 5.38. The van der Waals surface area contributed by atoms with Gasteiger partial charge >= 0.3 is 5.97 Å². The first-order valence-corrected chi connectivity index (χ1v) is 10.4. The Labute approximate surface area is 172 Å². The Kier molecular flexibility index (Phi) is 5.13. The van der Waals surface area contributed by atoms with Crippen molar-refractivity contribution in [2.45, 2.75) is 31.6 Å². The van der Waals surface area contributed by atoms with Crippen LogP contribution in [0.15, 0.2) is 64.3 Å². The van der Waals surface area contributed by atoms with Crippen LogP contribution in [0, 0.1) is 0 Å². The average molecular weight is 414 g/mol. The van der Waals surface area contributed by atoms with E-state index in [2.05, 4.69) is 11.4 Å². The molecule has 0 spiro atoms. The van der Waals surface area contributed by atoms with Crippen LogP contribution in [0.4, 0.5) is 0 Å². The monoisotopic (exact) mass is 413 g/mol. The fourth-order valence-corrected chi connectivity index (χ4v) is 5.09. The molecule has 0 bridgehead atoms. The van der Waals surface area contributed by atoms with Gasteiger partial charge in [0.05, 0.1) is 12.7 Å².